The molecule has 2 N–H and O–H groups in total. The Morgan fingerprint density at radius 3 is 3.00 bits per heavy atom. The summed E-state index contributed by atoms with van der Waals surface area (Å²) in [7, 11) is 0. The topological polar surface area (TPSA) is 66.5 Å². The molecule has 0 bridgehead atoms. The molecule has 7 heteroatoms. The predicted molar refractivity (Wildman–Crippen MR) is 65.4 cm³/mol. The van der Waals surface area contributed by atoms with Crippen LogP contribution >= 0.6 is 27.5 Å². The van der Waals surface area contributed by atoms with Crippen LogP contribution in [0.2, 0.25) is 5.15 Å². The van der Waals surface area contributed by atoms with E-state index in [2.05, 4.69) is 41.4 Å². The molecule has 0 aliphatic rings. The summed E-state index contributed by atoms with van der Waals surface area (Å²) in [6.45, 7) is 2.60. The number of anilines is 1. The summed E-state index contributed by atoms with van der Waals surface area (Å²) >= 11 is 9.17. The van der Waals surface area contributed by atoms with Crippen LogP contribution in [0, 0.1) is 6.92 Å². The number of nitrogens with zero attached hydrogens (tertiary/aromatic N) is 3. The monoisotopic (exact) mass is 301 g/mol. The van der Waals surface area contributed by atoms with E-state index in [9.17, 15) is 0 Å². The van der Waals surface area contributed by atoms with E-state index in [1.54, 1.807) is 6.20 Å². The fraction of sp³-hybridized carbons (Fsp3) is 0.222. The molecule has 0 radical (unpaired) electrons. The number of aromatic nitrogens is 4. The van der Waals surface area contributed by atoms with Gasteiger partial charge in [-0.3, -0.25) is 5.10 Å². The first-order valence-electron chi connectivity index (χ1n) is 4.57. The van der Waals surface area contributed by atoms with Gasteiger partial charge in [-0.1, -0.05) is 11.6 Å². The van der Waals surface area contributed by atoms with Gasteiger partial charge in [-0.2, -0.15) is 5.10 Å². The Hall–Kier alpha value is -1.14. The van der Waals surface area contributed by atoms with Crippen LogP contribution in [0.5, 0.6) is 0 Å². The predicted octanol–water partition coefficient (Wildman–Crippen LogP) is 2.54. The molecule has 0 spiro atoms. The van der Waals surface area contributed by atoms with Gasteiger partial charge in [-0.15, -0.1) is 0 Å². The normalized spacial score (nSPS) is 10.4. The van der Waals surface area contributed by atoms with Crippen LogP contribution < -0.4 is 5.32 Å². The van der Waals surface area contributed by atoms with E-state index in [1.807, 2.05) is 6.92 Å². The van der Waals surface area contributed by atoms with E-state index < -0.39 is 0 Å². The first-order valence-corrected chi connectivity index (χ1v) is 5.74. The number of hydrogen-bond acceptors (Lipinski definition) is 4. The van der Waals surface area contributed by atoms with Crippen molar-refractivity contribution < 1.29 is 0 Å². The molecule has 0 fully saturated rings. The Morgan fingerprint density at radius 1 is 1.50 bits per heavy atom. The van der Waals surface area contributed by atoms with Crippen molar-refractivity contribution in [2.45, 2.75) is 13.5 Å². The second-order valence-electron chi connectivity index (χ2n) is 3.20. The van der Waals surface area contributed by atoms with Gasteiger partial charge in [-0.05, 0) is 22.9 Å². The van der Waals surface area contributed by atoms with Crippen molar-refractivity contribution in [1.82, 2.24) is 20.2 Å². The molecule has 16 heavy (non-hydrogen) atoms. The summed E-state index contributed by atoms with van der Waals surface area (Å²) < 4.78 is 0.665. The molecule has 0 saturated heterocycles. The number of hydrogen-bond donors (Lipinski definition) is 2. The van der Waals surface area contributed by atoms with E-state index in [0.29, 0.717) is 22.0 Å². The zero-order chi connectivity index (χ0) is 11.5. The van der Waals surface area contributed by atoms with Gasteiger partial charge in [0.05, 0.1) is 10.7 Å². The summed E-state index contributed by atoms with van der Waals surface area (Å²) in [5.41, 5.74) is 2.12. The van der Waals surface area contributed by atoms with Gasteiger partial charge >= 0.3 is 0 Å². The highest BCUT2D eigenvalue weighted by atomic mass is 79.9. The second-order valence-corrected chi connectivity index (χ2v) is 4.35. The lowest BCUT2D eigenvalue weighted by Crippen LogP contribution is -2.03. The van der Waals surface area contributed by atoms with Crippen molar-refractivity contribution in [2.24, 2.45) is 0 Å². The fourth-order valence-corrected chi connectivity index (χ4v) is 1.68. The number of rotatable bonds is 3. The number of H-pyrrole nitrogens is 1. The first-order chi connectivity index (χ1) is 7.68. The van der Waals surface area contributed by atoms with Gasteiger partial charge in [0.25, 0.3) is 0 Å². The molecule has 2 rings (SSSR count). The number of nitrogens with one attached hydrogen (secondary N) is 2. The van der Waals surface area contributed by atoms with Crippen molar-refractivity contribution >= 4 is 33.3 Å². The maximum absolute atomic E-state index is 5.85. The van der Waals surface area contributed by atoms with Crippen LogP contribution in [0.25, 0.3) is 0 Å². The smallest absolute Gasteiger partial charge is 0.148 e. The average Bonchev–Trinajstić information content (AvgIpc) is 2.67. The Bertz CT molecular complexity index is 498. The highest BCUT2D eigenvalue weighted by Crippen LogP contribution is 2.26. The lowest BCUT2D eigenvalue weighted by Gasteiger charge is -2.06. The van der Waals surface area contributed by atoms with Crippen molar-refractivity contribution in [3.05, 3.63) is 33.4 Å². The summed E-state index contributed by atoms with van der Waals surface area (Å²) in [6, 6.07) is 0. The van der Waals surface area contributed by atoms with Crippen LogP contribution in [0.3, 0.4) is 0 Å². The number of aryl methyl sites for hydroxylation is 1. The molecule has 0 aliphatic heterocycles. The Balaban J connectivity index is 2.11. The van der Waals surface area contributed by atoms with Crippen molar-refractivity contribution in [1.29, 1.82) is 0 Å². The van der Waals surface area contributed by atoms with Crippen molar-refractivity contribution in [3.8, 4) is 0 Å². The molecule has 0 aliphatic carbocycles. The SMILES string of the molecule is Cc1[nH]ncc1CNc1ncnc(Cl)c1Br. The van der Waals surface area contributed by atoms with Crippen LogP contribution in [-0.2, 0) is 6.54 Å². The molecule has 0 aromatic carbocycles. The molecule has 2 aromatic rings. The summed E-state index contributed by atoms with van der Waals surface area (Å²) in [4.78, 5) is 7.93. The largest absolute Gasteiger partial charge is 0.365 e. The lowest BCUT2D eigenvalue weighted by molar-refractivity contribution is 1.03. The van der Waals surface area contributed by atoms with Gasteiger partial charge in [0.15, 0.2) is 0 Å². The zero-order valence-corrected chi connectivity index (χ0v) is 10.8. The minimum absolute atomic E-state index is 0.390. The van der Waals surface area contributed by atoms with Crippen LogP contribution in [0.1, 0.15) is 11.3 Å². The van der Waals surface area contributed by atoms with Crippen molar-refractivity contribution in [2.75, 3.05) is 5.32 Å². The van der Waals surface area contributed by atoms with Crippen LogP contribution in [0.15, 0.2) is 17.0 Å². The van der Waals surface area contributed by atoms with Gasteiger partial charge in [0.1, 0.15) is 17.3 Å². The molecule has 84 valence electrons. The number of aromatic amines is 1. The molecule has 0 unspecified atom stereocenters. The minimum atomic E-state index is 0.390. The zero-order valence-electron chi connectivity index (χ0n) is 8.46. The molecular weight excluding hydrogens is 293 g/mol. The molecule has 2 aromatic heterocycles. The van der Waals surface area contributed by atoms with E-state index in [1.165, 1.54) is 6.33 Å². The first kappa shape index (κ1) is 11.3. The highest BCUT2D eigenvalue weighted by molar-refractivity contribution is 9.10. The molecule has 0 atom stereocenters. The van der Waals surface area contributed by atoms with Crippen LogP contribution in [-0.4, -0.2) is 20.2 Å². The molecule has 0 saturated carbocycles. The third kappa shape index (κ3) is 2.33. The molecule has 5 nitrogen and oxygen atoms in total. The lowest BCUT2D eigenvalue weighted by atomic mass is 10.2. The molecular formula is C9H9BrClN5. The van der Waals surface area contributed by atoms with E-state index in [4.69, 9.17) is 11.6 Å². The average molecular weight is 303 g/mol. The Kier molecular flexibility index (Phi) is 3.40. The summed E-state index contributed by atoms with van der Waals surface area (Å²) in [5, 5.41) is 10.4. The summed E-state index contributed by atoms with van der Waals surface area (Å²) in [5.74, 6) is 0.667. The third-order valence-electron chi connectivity index (χ3n) is 2.13. The summed E-state index contributed by atoms with van der Waals surface area (Å²) in [6.07, 6.45) is 3.19. The van der Waals surface area contributed by atoms with Gasteiger partial charge in [0, 0.05) is 17.8 Å². The standard InChI is InChI=1S/C9H9BrClN5/c1-5-6(3-15-16-5)2-12-9-7(10)8(11)13-4-14-9/h3-4H,2H2,1H3,(H,15,16)(H,12,13,14). The van der Waals surface area contributed by atoms with Gasteiger partial charge < -0.3 is 5.32 Å². The number of halogens is 2. The third-order valence-corrected chi connectivity index (χ3v) is 3.39. The fourth-order valence-electron chi connectivity index (χ4n) is 1.20. The van der Waals surface area contributed by atoms with E-state index in [-0.39, 0.29) is 0 Å². The Morgan fingerprint density at radius 2 is 2.31 bits per heavy atom. The van der Waals surface area contributed by atoms with Gasteiger partial charge in [-0.25, -0.2) is 9.97 Å². The Labute approximate surface area is 106 Å². The minimum Gasteiger partial charge on any atom is -0.365 e. The maximum atomic E-state index is 5.85. The van der Waals surface area contributed by atoms with Crippen LogP contribution in [0.4, 0.5) is 5.82 Å². The molecule has 2 heterocycles. The second kappa shape index (κ2) is 4.80. The van der Waals surface area contributed by atoms with Gasteiger partial charge in [0.2, 0.25) is 0 Å². The van der Waals surface area contributed by atoms with E-state index >= 15 is 0 Å². The highest BCUT2D eigenvalue weighted by Gasteiger charge is 2.07. The molecule has 0 amide bonds. The van der Waals surface area contributed by atoms with Crippen molar-refractivity contribution in [3.63, 3.8) is 0 Å². The van der Waals surface area contributed by atoms with E-state index in [0.717, 1.165) is 11.3 Å². The maximum Gasteiger partial charge on any atom is 0.148 e. The quantitative estimate of drug-likeness (QED) is 0.855.